The molecule has 2 aromatic carbocycles. The Bertz CT molecular complexity index is 1110. The summed E-state index contributed by atoms with van der Waals surface area (Å²) in [5, 5.41) is 8.74. The summed E-state index contributed by atoms with van der Waals surface area (Å²) in [4.78, 5) is 25.8. The molecule has 6 heteroatoms. The van der Waals surface area contributed by atoms with Crippen molar-refractivity contribution in [3.05, 3.63) is 78.1 Å². The molecule has 0 spiro atoms. The third kappa shape index (κ3) is 6.25. The Morgan fingerprint density at radius 3 is 2.52 bits per heavy atom. The van der Waals surface area contributed by atoms with E-state index in [9.17, 15) is 9.59 Å². The van der Waals surface area contributed by atoms with Crippen molar-refractivity contribution in [1.29, 1.82) is 0 Å². The molecule has 1 saturated carbocycles. The van der Waals surface area contributed by atoms with Crippen LogP contribution >= 0.6 is 0 Å². The van der Waals surface area contributed by atoms with Gasteiger partial charge >= 0.3 is 5.97 Å². The van der Waals surface area contributed by atoms with Crippen LogP contribution < -0.4 is 4.74 Å². The van der Waals surface area contributed by atoms with Gasteiger partial charge in [0.2, 0.25) is 0 Å². The molecule has 4 rings (SSSR count). The number of carbonyl (C=O) groups excluding carboxylic acids is 1. The zero-order valence-electron chi connectivity index (χ0n) is 19.5. The Morgan fingerprint density at radius 2 is 1.82 bits per heavy atom. The highest BCUT2D eigenvalue weighted by Gasteiger charge is 2.34. The number of nitrogens with zero attached hydrogens (tertiary/aromatic N) is 1. The topological polar surface area (TPSA) is 80.0 Å². The third-order valence-electron chi connectivity index (χ3n) is 5.61. The number of rotatable bonds is 12. The van der Waals surface area contributed by atoms with E-state index in [1.807, 2.05) is 42.5 Å². The van der Waals surface area contributed by atoms with Gasteiger partial charge in [-0.3, -0.25) is 9.59 Å². The fourth-order valence-corrected chi connectivity index (χ4v) is 3.70. The molecule has 6 nitrogen and oxygen atoms in total. The maximum absolute atomic E-state index is 13.6. The zero-order chi connectivity index (χ0) is 24.0. The van der Waals surface area contributed by atoms with Gasteiger partial charge in [-0.05, 0) is 61.9 Å². The van der Waals surface area contributed by atoms with E-state index in [2.05, 4.69) is 0 Å². The Labute approximate surface area is 195 Å². The molecule has 1 aromatic heterocycles. The minimum absolute atomic E-state index is 0.151. The van der Waals surface area contributed by atoms with E-state index in [4.69, 9.17) is 15.6 Å². The van der Waals surface area contributed by atoms with Crippen LogP contribution in [0.15, 0.2) is 71.3 Å². The van der Waals surface area contributed by atoms with E-state index in [-0.39, 0.29) is 12.3 Å². The first-order chi connectivity index (χ1) is 16.5. The molecule has 0 aliphatic heterocycles. The summed E-state index contributed by atoms with van der Waals surface area (Å²) in [6.45, 7) is 0.745. The first-order valence-corrected chi connectivity index (χ1v) is 11.3. The van der Waals surface area contributed by atoms with E-state index < -0.39 is 12.0 Å². The van der Waals surface area contributed by atoms with Crippen LogP contribution in [-0.4, -0.2) is 34.5 Å². The maximum atomic E-state index is 13.6. The van der Waals surface area contributed by atoms with Crippen LogP contribution in [0.25, 0.3) is 11.3 Å². The molecule has 172 valence electrons. The summed E-state index contributed by atoms with van der Waals surface area (Å²) >= 11 is 0. The van der Waals surface area contributed by atoms with Crippen LogP contribution in [0, 0.1) is 0 Å². The number of benzene rings is 2. The average Bonchev–Trinajstić information content (AvgIpc) is 3.35. The summed E-state index contributed by atoms with van der Waals surface area (Å²) < 4.78 is 20.0. The number of hydrogen-bond acceptors (Lipinski definition) is 4. The second-order valence-electron chi connectivity index (χ2n) is 8.18. The molecule has 1 heterocycles. The lowest BCUT2D eigenvalue weighted by atomic mass is 10.1. The number of para-hydroxylation sites is 1. The van der Waals surface area contributed by atoms with Crippen LogP contribution in [-0.2, 0) is 11.3 Å². The van der Waals surface area contributed by atoms with Gasteiger partial charge in [0.15, 0.2) is 0 Å². The fourth-order valence-electron chi connectivity index (χ4n) is 3.70. The van der Waals surface area contributed by atoms with Gasteiger partial charge in [0.25, 0.3) is 5.91 Å². The smallest absolute Gasteiger partial charge is 0.303 e. The summed E-state index contributed by atoms with van der Waals surface area (Å²) in [6.07, 6.45) is 5.15. The van der Waals surface area contributed by atoms with Crippen molar-refractivity contribution >= 4 is 11.9 Å². The number of carbonyl (C=O) groups is 2. The molecule has 1 fully saturated rings. The monoisotopic (exact) mass is 448 g/mol. The van der Waals surface area contributed by atoms with Gasteiger partial charge in [0.1, 0.15) is 11.5 Å². The van der Waals surface area contributed by atoms with Crippen LogP contribution in [0.4, 0.5) is 0 Å². The Morgan fingerprint density at radius 1 is 1.03 bits per heavy atom. The maximum Gasteiger partial charge on any atom is 0.303 e. The number of unbranched alkanes of at least 4 members (excludes halogenated alkanes) is 2. The number of carboxylic acid groups (broad SMARTS) is 1. The Hall–Kier alpha value is -3.54. The molecule has 0 bridgehead atoms. The standard InChI is InChI=1S/C27H29NO5/c29-26(30)10-2-1-5-17-33-25-8-4-3-7-23(25)27(31)28(22-15-16-22)19-20-11-13-21(14-12-20)24-9-6-18-32-24/h3-4,6-9,11-14,18,22H,1-2,5,10,15-17,19H2,(H,29,30)/i22D. The van der Waals surface area contributed by atoms with Crippen molar-refractivity contribution in [3.63, 3.8) is 0 Å². The minimum atomic E-state index is -0.902. The molecular weight excluding hydrogens is 418 g/mol. The van der Waals surface area contributed by atoms with Gasteiger partial charge in [0, 0.05) is 24.5 Å². The number of ether oxygens (including phenoxy) is 1. The molecule has 1 aliphatic rings. The SMILES string of the molecule is [2H]C1(N(Cc2ccc(-c3ccco3)cc2)C(=O)c2ccccc2OCCCCCC(=O)O)CC1. The molecular formula is C27H29NO5. The van der Waals surface area contributed by atoms with Gasteiger partial charge in [-0.25, -0.2) is 0 Å². The van der Waals surface area contributed by atoms with Crippen molar-refractivity contribution < 1.29 is 25.2 Å². The highest BCUT2D eigenvalue weighted by molar-refractivity contribution is 5.97. The lowest BCUT2D eigenvalue weighted by Gasteiger charge is -2.24. The van der Waals surface area contributed by atoms with E-state index >= 15 is 0 Å². The number of hydrogen-bond donors (Lipinski definition) is 1. The molecule has 0 radical (unpaired) electrons. The predicted molar refractivity (Wildman–Crippen MR) is 125 cm³/mol. The van der Waals surface area contributed by atoms with Crippen LogP contribution in [0.1, 0.15) is 55.8 Å². The quantitative estimate of drug-likeness (QED) is 0.356. The lowest BCUT2D eigenvalue weighted by Crippen LogP contribution is -2.33. The predicted octanol–water partition coefficient (Wildman–Crippen LogP) is 5.78. The van der Waals surface area contributed by atoms with E-state index in [1.165, 1.54) is 0 Å². The van der Waals surface area contributed by atoms with Gasteiger partial charge < -0.3 is 19.2 Å². The summed E-state index contributed by atoms with van der Waals surface area (Å²) in [6, 6.07) is 17.8. The van der Waals surface area contributed by atoms with Crippen molar-refractivity contribution in [3.8, 4) is 17.1 Å². The molecule has 0 atom stereocenters. The number of carboxylic acids is 1. The zero-order valence-corrected chi connectivity index (χ0v) is 18.5. The highest BCUT2D eigenvalue weighted by Crippen LogP contribution is 2.32. The van der Waals surface area contributed by atoms with E-state index in [0.717, 1.165) is 23.3 Å². The van der Waals surface area contributed by atoms with Crippen molar-refractivity contribution in [2.45, 2.75) is 51.1 Å². The Kier molecular flexibility index (Phi) is 7.01. The van der Waals surface area contributed by atoms with Crippen LogP contribution in [0.5, 0.6) is 5.75 Å². The van der Waals surface area contributed by atoms with Gasteiger partial charge in [-0.2, -0.15) is 0 Å². The van der Waals surface area contributed by atoms with E-state index in [0.29, 0.717) is 50.1 Å². The third-order valence-corrected chi connectivity index (χ3v) is 5.61. The number of furan rings is 1. The largest absolute Gasteiger partial charge is 0.493 e. The lowest BCUT2D eigenvalue weighted by molar-refractivity contribution is -0.137. The second kappa shape index (κ2) is 10.9. The van der Waals surface area contributed by atoms with Crippen molar-refractivity contribution in [1.82, 2.24) is 4.90 Å². The van der Waals surface area contributed by atoms with Crippen LogP contribution in [0.2, 0.25) is 0 Å². The first-order valence-electron chi connectivity index (χ1n) is 11.8. The van der Waals surface area contributed by atoms with Gasteiger partial charge in [-0.15, -0.1) is 0 Å². The van der Waals surface area contributed by atoms with Crippen molar-refractivity contribution in [2.75, 3.05) is 6.61 Å². The molecule has 0 saturated heterocycles. The van der Waals surface area contributed by atoms with E-state index in [1.54, 1.807) is 29.4 Å². The molecule has 1 aliphatic carbocycles. The first kappa shape index (κ1) is 21.3. The average molecular weight is 449 g/mol. The summed E-state index contributed by atoms with van der Waals surface area (Å²) in [7, 11) is 0. The summed E-state index contributed by atoms with van der Waals surface area (Å²) in [5.41, 5.74) is 2.35. The summed E-state index contributed by atoms with van der Waals surface area (Å²) in [5.74, 6) is 0.266. The van der Waals surface area contributed by atoms with Crippen molar-refractivity contribution in [2.24, 2.45) is 0 Å². The molecule has 0 unspecified atom stereocenters. The normalized spacial score (nSPS) is 14.4. The number of aliphatic carboxylic acids is 1. The molecule has 1 N–H and O–H groups in total. The van der Waals surface area contributed by atoms with Crippen LogP contribution in [0.3, 0.4) is 0 Å². The Balaban J connectivity index is 1.43. The molecule has 1 amide bonds. The highest BCUT2D eigenvalue weighted by atomic mass is 16.5. The van der Waals surface area contributed by atoms with Gasteiger partial charge in [-0.1, -0.05) is 36.4 Å². The minimum Gasteiger partial charge on any atom is -0.493 e. The molecule has 33 heavy (non-hydrogen) atoms. The molecule has 3 aromatic rings. The number of amides is 1. The second-order valence-corrected chi connectivity index (χ2v) is 8.18. The van der Waals surface area contributed by atoms with Gasteiger partial charge in [0.05, 0.1) is 19.8 Å². The fraction of sp³-hybridized carbons (Fsp3) is 0.333.